The van der Waals surface area contributed by atoms with E-state index in [-0.39, 0.29) is 0 Å². The molecule has 0 aliphatic rings. The minimum absolute atomic E-state index is 0.346. The number of nitrogens with zero attached hydrogens (tertiary/aromatic N) is 1. The number of nitrogens with two attached hydrogens (primary N) is 1. The number of aliphatic hydroxyl groups excluding tert-OH is 1. The van der Waals surface area contributed by atoms with Gasteiger partial charge in [0.15, 0.2) is 0 Å². The molecule has 0 fully saturated rings. The Morgan fingerprint density at radius 2 is 1.96 bits per heavy atom. The van der Waals surface area contributed by atoms with Crippen LogP contribution in [0.4, 0.5) is 4.79 Å². The first-order valence-electron chi connectivity index (χ1n) is 7.88. The second kappa shape index (κ2) is 6.38. The molecule has 0 aliphatic heterocycles. The fraction of sp³-hybridized carbons (Fsp3) is 0.0526. The van der Waals surface area contributed by atoms with Gasteiger partial charge in [0.25, 0.3) is 0 Å². The van der Waals surface area contributed by atoms with E-state index in [2.05, 4.69) is 9.97 Å². The summed E-state index contributed by atoms with van der Waals surface area (Å²) >= 11 is 0. The highest BCUT2D eigenvalue weighted by Gasteiger charge is 2.13. The summed E-state index contributed by atoms with van der Waals surface area (Å²) in [5.41, 5.74) is 8.80. The van der Waals surface area contributed by atoms with Crippen LogP contribution in [0.15, 0.2) is 65.5 Å². The Hall–Kier alpha value is -3.58. The molecule has 1 atom stereocenters. The molecule has 0 radical (unpaired) electrons. The van der Waals surface area contributed by atoms with E-state index in [0.717, 1.165) is 22.2 Å². The zero-order valence-corrected chi connectivity index (χ0v) is 13.5. The maximum absolute atomic E-state index is 10.9. The van der Waals surface area contributed by atoms with Crippen LogP contribution < -0.4 is 10.5 Å². The number of imidazole rings is 1. The summed E-state index contributed by atoms with van der Waals surface area (Å²) < 4.78 is 9.87. The Morgan fingerprint density at radius 1 is 1.15 bits per heavy atom. The number of amides is 1. The van der Waals surface area contributed by atoms with Gasteiger partial charge in [0.1, 0.15) is 17.7 Å². The van der Waals surface area contributed by atoms with E-state index in [9.17, 15) is 9.90 Å². The van der Waals surface area contributed by atoms with E-state index in [1.165, 1.54) is 12.5 Å². The van der Waals surface area contributed by atoms with Gasteiger partial charge in [0.05, 0.1) is 23.6 Å². The maximum atomic E-state index is 10.9. The van der Waals surface area contributed by atoms with E-state index in [1.54, 1.807) is 24.3 Å². The third-order valence-electron chi connectivity index (χ3n) is 4.03. The monoisotopic (exact) mass is 349 g/mol. The molecule has 1 unspecified atom stereocenters. The van der Waals surface area contributed by atoms with E-state index >= 15 is 0 Å². The highest BCUT2D eigenvalue weighted by Crippen LogP contribution is 2.27. The number of fused-ring (bicyclic) bond motifs is 1. The Labute approximate surface area is 148 Å². The van der Waals surface area contributed by atoms with Gasteiger partial charge in [-0.05, 0) is 23.8 Å². The zero-order valence-electron chi connectivity index (χ0n) is 13.5. The Bertz CT molecular complexity index is 1050. The first-order chi connectivity index (χ1) is 12.6. The predicted octanol–water partition coefficient (Wildman–Crippen LogP) is 3.36. The van der Waals surface area contributed by atoms with Crippen molar-refractivity contribution in [1.29, 1.82) is 0 Å². The Kier molecular flexibility index (Phi) is 3.91. The third-order valence-corrected chi connectivity index (χ3v) is 4.03. The van der Waals surface area contributed by atoms with Gasteiger partial charge < -0.3 is 25.0 Å². The average Bonchev–Trinajstić information content (AvgIpc) is 3.30. The molecule has 0 spiro atoms. The number of benzene rings is 2. The molecule has 0 aliphatic carbocycles. The summed E-state index contributed by atoms with van der Waals surface area (Å²) in [6.45, 7) is 0. The number of aromatic nitrogens is 2. The van der Waals surface area contributed by atoms with Gasteiger partial charge in [-0.3, -0.25) is 0 Å². The quantitative estimate of drug-likeness (QED) is 0.522. The predicted molar refractivity (Wildman–Crippen MR) is 94.5 cm³/mol. The molecule has 0 saturated heterocycles. The number of nitrogens with one attached hydrogen (secondary N) is 1. The molecular weight excluding hydrogens is 334 g/mol. The molecule has 1 amide bonds. The fourth-order valence-electron chi connectivity index (χ4n) is 2.75. The molecular formula is C19H15N3O4. The molecule has 4 rings (SSSR count). The summed E-state index contributed by atoms with van der Waals surface area (Å²) in [6, 6.07) is 14.2. The molecule has 130 valence electrons. The lowest BCUT2D eigenvalue weighted by atomic mass is 10.0. The molecule has 2 aromatic carbocycles. The van der Waals surface area contributed by atoms with Crippen molar-refractivity contribution in [3.8, 4) is 17.1 Å². The molecule has 2 heterocycles. The number of ether oxygens (including phenoxy) is 1. The molecule has 0 saturated carbocycles. The molecule has 4 aromatic rings. The summed E-state index contributed by atoms with van der Waals surface area (Å²) in [4.78, 5) is 18.6. The smallest absolute Gasteiger partial charge is 0.409 e. The van der Waals surface area contributed by atoms with E-state index in [1.807, 2.05) is 24.3 Å². The molecule has 7 heteroatoms. The van der Waals surface area contributed by atoms with Gasteiger partial charge in [-0.15, -0.1) is 0 Å². The summed E-state index contributed by atoms with van der Waals surface area (Å²) in [7, 11) is 0. The van der Waals surface area contributed by atoms with Gasteiger partial charge in [-0.2, -0.15) is 0 Å². The van der Waals surface area contributed by atoms with Crippen molar-refractivity contribution in [2.24, 2.45) is 5.73 Å². The van der Waals surface area contributed by atoms with Crippen LogP contribution in [0.25, 0.3) is 22.4 Å². The normalized spacial score (nSPS) is 12.2. The number of hydrogen-bond acceptors (Lipinski definition) is 5. The Balaban J connectivity index is 1.61. The van der Waals surface area contributed by atoms with Crippen LogP contribution in [-0.4, -0.2) is 21.2 Å². The van der Waals surface area contributed by atoms with Crippen LogP contribution in [0.5, 0.6) is 5.75 Å². The number of hydrogen-bond donors (Lipinski definition) is 3. The van der Waals surface area contributed by atoms with Crippen LogP contribution in [0.2, 0.25) is 0 Å². The number of primary amides is 1. The number of carbonyl (C=O) groups is 1. The van der Waals surface area contributed by atoms with Crippen molar-refractivity contribution in [3.63, 3.8) is 0 Å². The van der Waals surface area contributed by atoms with E-state index in [0.29, 0.717) is 17.1 Å². The van der Waals surface area contributed by atoms with Crippen molar-refractivity contribution in [2.45, 2.75) is 6.10 Å². The number of aliphatic hydroxyl groups is 1. The topological polar surface area (TPSA) is 114 Å². The first kappa shape index (κ1) is 15.9. The minimum Gasteiger partial charge on any atom is -0.472 e. The van der Waals surface area contributed by atoms with Gasteiger partial charge >= 0.3 is 6.09 Å². The van der Waals surface area contributed by atoms with Crippen LogP contribution in [0.3, 0.4) is 0 Å². The lowest BCUT2D eigenvalue weighted by molar-refractivity contribution is 0.211. The molecule has 26 heavy (non-hydrogen) atoms. The zero-order chi connectivity index (χ0) is 18.1. The molecule has 4 N–H and O–H groups in total. The average molecular weight is 349 g/mol. The summed E-state index contributed by atoms with van der Waals surface area (Å²) in [6.07, 6.45) is 1.43. The summed E-state index contributed by atoms with van der Waals surface area (Å²) in [5.74, 6) is 1.01. The number of carbonyl (C=O) groups excluding carboxylic acids is 1. The van der Waals surface area contributed by atoms with Crippen molar-refractivity contribution < 1.29 is 19.1 Å². The van der Waals surface area contributed by atoms with Crippen molar-refractivity contribution >= 4 is 17.1 Å². The minimum atomic E-state index is -0.865. The number of H-pyrrole nitrogens is 1. The van der Waals surface area contributed by atoms with Crippen LogP contribution in [-0.2, 0) is 0 Å². The first-order valence-corrected chi connectivity index (χ1v) is 7.88. The van der Waals surface area contributed by atoms with E-state index in [4.69, 9.17) is 14.9 Å². The highest BCUT2D eigenvalue weighted by molar-refractivity contribution is 5.81. The highest BCUT2D eigenvalue weighted by atomic mass is 16.5. The van der Waals surface area contributed by atoms with Crippen LogP contribution in [0, 0.1) is 0 Å². The van der Waals surface area contributed by atoms with Crippen molar-refractivity contribution in [3.05, 3.63) is 72.2 Å². The third kappa shape index (κ3) is 3.03. The van der Waals surface area contributed by atoms with Crippen LogP contribution in [0.1, 0.15) is 17.2 Å². The van der Waals surface area contributed by atoms with Gasteiger partial charge in [-0.25, -0.2) is 9.78 Å². The van der Waals surface area contributed by atoms with Gasteiger partial charge in [0, 0.05) is 17.2 Å². The van der Waals surface area contributed by atoms with Crippen molar-refractivity contribution in [1.82, 2.24) is 9.97 Å². The number of furan rings is 1. The molecule has 7 nitrogen and oxygen atoms in total. The van der Waals surface area contributed by atoms with E-state index < -0.39 is 12.2 Å². The summed E-state index contributed by atoms with van der Waals surface area (Å²) in [5, 5.41) is 10.3. The van der Waals surface area contributed by atoms with Crippen molar-refractivity contribution in [2.75, 3.05) is 0 Å². The lowest BCUT2D eigenvalue weighted by Crippen LogP contribution is -2.16. The standard InChI is InChI=1S/C19H15N3O4/c20-19(24)26-14-5-6-15-16(9-14)22-18(21-15)12-3-1-11(2-4-12)17(23)13-7-8-25-10-13/h1-10,17,23H,(H2,20,24)(H,21,22). The lowest BCUT2D eigenvalue weighted by Gasteiger charge is -2.09. The number of rotatable bonds is 4. The second-order valence-corrected chi connectivity index (χ2v) is 5.77. The largest absolute Gasteiger partial charge is 0.472 e. The van der Waals surface area contributed by atoms with Gasteiger partial charge in [-0.1, -0.05) is 24.3 Å². The Morgan fingerprint density at radius 3 is 2.65 bits per heavy atom. The molecule has 0 bridgehead atoms. The van der Waals surface area contributed by atoms with Gasteiger partial charge in [0.2, 0.25) is 0 Å². The molecule has 2 aromatic heterocycles. The fourth-order valence-corrected chi connectivity index (χ4v) is 2.75. The number of aromatic amines is 1. The second-order valence-electron chi connectivity index (χ2n) is 5.77. The SMILES string of the molecule is NC(=O)Oc1ccc2nc(-c3ccc(C(O)c4ccoc4)cc3)[nH]c2c1. The maximum Gasteiger partial charge on any atom is 0.409 e. The van der Waals surface area contributed by atoms with Crippen LogP contribution >= 0.6 is 0 Å².